The van der Waals surface area contributed by atoms with E-state index in [0.717, 1.165) is 57.0 Å². The summed E-state index contributed by atoms with van der Waals surface area (Å²) in [6.07, 6.45) is 3.86. The van der Waals surface area contributed by atoms with Gasteiger partial charge in [-0.15, -0.1) is 24.0 Å². The van der Waals surface area contributed by atoms with Crippen LogP contribution in [0.15, 0.2) is 29.3 Å². The Balaban J connectivity index is 0.00000280. The second kappa shape index (κ2) is 11.0. The normalized spacial score (nSPS) is 22.3. The van der Waals surface area contributed by atoms with E-state index in [-0.39, 0.29) is 35.5 Å². The molecule has 0 bridgehead atoms. The summed E-state index contributed by atoms with van der Waals surface area (Å²) in [7, 11) is 0. The first-order valence-corrected chi connectivity index (χ1v) is 10.1. The fourth-order valence-electron chi connectivity index (χ4n) is 3.68. The van der Waals surface area contributed by atoms with E-state index in [1.165, 1.54) is 5.56 Å². The van der Waals surface area contributed by atoms with E-state index < -0.39 is 0 Å². The molecule has 2 saturated heterocycles. The topological polar surface area (TPSA) is 66.0 Å². The van der Waals surface area contributed by atoms with Gasteiger partial charge >= 0.3 is 0 Å². The molecule has 1 unspecified atom stereocenters. The number of amides is 1. The zero-order chi connectivity index (χ0) is 19.1. The Morgan fingerprint density at radius 1 is 1.29 bits per heavy atom. The first-order valence-electron chi connectivity index (χ1n) is 10.1. The number of benzene rings is 1. The van der Waals surface area contributed by atoms with Gasteiger partial charge in [-0.1, -0.05) is 24.3 Å². The van der Waals surface area contributed by atoms with Gasteiger partial charge in [0.25, 0.3) is 0 Å². The number of hydrogen-bond donors (Lipinski definition) is 2. The lowest BCUT2D eigenvalue weighted by atomic mass is 10.0. The Morgan fingerprint density at radius 3 is 2.79 bits per heavy atom. The molecule has 2 heterocycles. The lowest BCUT2D eigenvalue weighted by Gasteiger charge is -2.24. The van der Waals surface area contributed by atoms with Crippen LogP contribution in [-0.4, -0.2) is 48.6 Å². The zero-order valence-corrected chi connectivity index (χ0v) is 19.3. The molecule has 2 N–H and O–H groups in total. The Labute approximate surface area is 185 Å². The van der Waals surface area contributed by atoms with Gasteiger partial charge in [0.1, 0.15) is 0 Å². The molecule has 28 heavy (non-hydrogen) atoms. The molecule has 3 rings (SSSR count). The number of nitrogens with one attached hydrogen (secondary N) is 2. The number of ether oxygens (including phenoxy) is 1. The number of guanidine groups is 1. The van der Waals surface area contributed by atoms with Crippen LogP contribution >= 0.6 is 24.0 Å². The van der Waals surface area contributed by atoms with Gasteiger partial charge in [-0.25, -0.2) is 4.99 Å². The molecule has 156 valence electrons. The standard InChI is InChI=1S/C21H32N4O2.HI/c1-3-22-20(24-16-21(2)10-6-12-27-21)23-14-17-7-4-8-18(13-17)15-25-11-5-9-19(25)26;/h4,7-8,13H,3,5-6,9-12,14-16H2,1-2H3,(H2,22,23,24);1H. The first kappa shape index (κ1) is 22.9. The lowest BCUT2D eigenvalue weighted by molar-refractivity contribution is -0.128. The van der Waals surface area contributed by atoms with Gasteiger partial charge in [0, 0.05) is 39.2 Å². The molecule has 2 fully saturated rings. The summed E-state index contributed by atoms with van der Waals surface area (Å²) in [5.41, 5.74) is 2.22. The average Bonchev–Trinajstić information content (AvgIpc) is 3.27. The summed E-state index contributed by atoms with van der Waals surface area (Å²) in [4.78, 5) is 18.5. The molecule has 0 aliphatic carbocycles. The minimum Gasteiger partial charge on any atom is -0.373 e. The van der Waals surface area contributed by atoms with Crippen LogP contribution in [0.1, 0.15) is 50.7 Å². The Morgan fingerprint density at radius 2 is 2.11 bits per heavy atom. The molecule has 1 amide bonds. The molecule has 0 aromatic heterocycles. The number of nitrogens with zero attached hydrogens (tertiary/aromatic N) is 2. The predicted molar refractivity (Wildman–Crippen MR) is 123 cm³/mol. The fourth-order valence-corrected chi connectivity index (χ4v) is 3.68. The molecule has 1 aromatic carbocycles. The summed E-state index contributed by atoms with van der Waals surface area (Å²) < 4.78 is 5.84. The van der Waals surface area contributed by atoms with Crippen LogP contribution in [0.2, 0.25) is 0 Å². The molecular formula is C21H33IN4O2. The minimum atomic E-state index is -0.0988. The summed E-state index contributed by atoms with van der Waals surface area (Å²) in [5.74, 6) is 1.08. The molecule has 0 spiro atoms. The largest absolute Gasteiger partial charge is 0.373 e. The van der Waals surface area contributed by atoms with Crippen molar-refractivity contribution < 1.29 is 9.53 Å². The Kier molecular flexibility index (Phi) is 9.01. The maximum Gasteiger partial charge on any atom is 0.222 e. The second-order valence-electron chi connectivity index (χ2n) is 7.69. The monoisotopic (exact) mass is 500 g/mol. The molecule has 0 saturated carbocycles. The molecule has 2 aliphatic heterocycles. The van der Waals surface area contributed by atoms with E-state index in [1.807, 2.05) is 4.90 Å². The van der Waals surface area contributed by atoms with E-state index in [4.69, 9.17) is 9.73 Å². The average molecular weight is 500 g/mol. The van der Waals surface area contributed by atoms with Crippen LogP contribution in [0, 0.1) is 0 Å². The SMILES string of the molecule is CCNC(=NCc1cccc(CN2CCCC2=O)c1)NCC1(C)CCCO1.I. The van der Waals surface area contributed by atoms with Crippen molar-refractivity contribution in [3.8, 4) is 0 Å². The number of hydrogen-bond acceptors (Lipinski definition) is 3. The van der Waals surface area contributed by atoms with Gasteiger partial charge in [-0.05, 0) is 44.2 Å². The van der Waals surface area contributed by atoms with Gasteiger partial charge < -0.3 is 20.3 Å². The summed E-state index contributed by atoms with van der Waals surface area (Å²) in [5, 5.41) is 6.72. The number of rotatable bonds is 7. The second-order valence-corrected chi connectivity index (χ2v) is 7.69. The first-order chi connectivity index (χ1) is 13.1. The van der Waals surface area contributed by atoms with Crippen LogP contribution in [-0.2, 0) is 22.6 Å². The molecule has 2 aliphatic rings. The van der Waals surface area contributed by atoms with E-state index in [1.54, 1.807) is 0 Å². The van der Waals surface area contributed by atoms with Crippen LogP contribution in [0.25, 0.3) is 0 Å². The van der Waals surface area contributed by atoms with Gasteiger partial charge in [0.2, 0.25) is 5.91 Å². The van der Waals surface area contributed by atoms with Crippen molar-refractivity contribution in [2.45, 2.75) is 58.2 Å². The quantitative estimate of drug-likeness (QED) is 0.343. The summed E-state index contributed by atoms with van der Waals surface area (Å²) >= 11 is 0. The highest BCUT2D eigenvalue weighted by Crippen LogP contribution is 2.23. The summed E-state index contributed by atoms with van der Waals surface area (Å²) in [6, 6.07) is 8.37. The van der Waals surface area contributed by atoms with Crippen LogP contribution in [0.4, 0.5) is 0 Å². The number of likely N-dealkylation sites (tertiary alicyclic amines) is 1. The highest BCUT2D eigenvalue weighted by molar-refractivity contribution is 14.0. The van der Waals surface area contributed by atoms with Gasteiger partial charge in [-0.2, -0.15) is 0 Å². The predicted octanol–water partition coefficient (Wildman–Crippen LogP) is 3.05. The smallest absolute Gasteiger partial charge is 0.222 e. The fraction of sp³-hybridized carbons (Fsp3) is 0.619. The van der Waals surface area contributed by atoms with Crippen molar-refractivity contribution in [3.05, 3.63) is 35.4 Å². The highest BCUT2D eigenvalue weighted by Gasteiger charge is 2.29. The van der Waals surface area contributed by atoms with Crippen molar-refractivity contribution in [1.29, 1.82) is 0 Å². The Hall–Kier alpha value is -1.35. The van der Waals surface area contributed by atoms with Crippen LogP contribution in [0.3, 0.4) is 0 Å². The van der Waals surface area contributed by atoms with Crippen molar-refractivity contribution in [3.63, 3.8) is 0 Å². The van der Waals surface area contributed by atoms with Crippen molar-refractivity contribution in [2.24, 2.45) is 4.99 Å². The molecule has 1 atom stereocenters. The maximum absolute atomic E-state index is 11.8. The number of carbonyl (C=O) groups is 1. The van der Waals surface area contributed by atoms with Crippen molar-refractivity contribution in [2.75, 3.05) is 26.2 Å². The third kappa shape index (κ3) is 6.62. The van der Waals surface area contributed by atoms with Crippen molar-refractivity contribution in [1.82, 2.24) is 15.5 Å². The van der Waals surface area contributed by atoms with Gasteiger partial charge in [-0.3, -0.25) is 4.79 Å². The van der Waals surface area contributed by atoms with Crippen LogP contribution < -0.4 is 10.6 Å². The Bertz CT molecular complexity index is 674. The third-order valence-electron chi connectivity index (χ3n) is 5.23. The van der Waals surface area contributed by atoms with Crippen LogP contribution in [0.5, 0.6) is 0 Å². The highest BCUT2D eigenvalue weighted by atomic mass is 127. The van der Waals surface area contributed by atoms with Gasteiger partial charge in [0.15, 0.2) is 5.96 Å². The number of halogens is 1. The summed E-state index contributed by atoms with van der Waals surface area (Å²) in [6.45, 7) is 8.82. The van der Waals surface area contributed by atoms with Gasteiger partial charge in [0.05, 0.1) is 12.1 Å². The van der Waals surface area contributed by atoms with E-state index in [0.29, 0.717) is 19.5 Å². The maximum atomic E-state index is 11.8. The molecule has 6 nitrogen and oxygen atoms in total. The minimum absolute atomic E-state index is 0. The molecule has 0 radical (unpaired) electrons. The lowest BCUT2D eigenvalue weighted by Crippen LogP contribution is -2.45. The molecular weight excluding hydrogens is 467 g/mol. The zero-order valence-electron chi connectivity index (χ0n) is 17.0. The van der Waals surface area contributed by atoms with E-state index in [2.05, 4.69) is 48.7 Å². The third-order valence-corrected chi connectivity index (χ3v) is 5.23. The molecule has 1 aromatic rings. The van der Waals surface area contributed by atoms with Crippen molar-refractivity contribution >= 4 is 35.8 Å². The molecule has 7 heteroatoms. The number of aliphatic imine (C=N–C) groups is 1. The van der Waals surface area contributed by atoms with E-state index in [9.17, 15) is 4.79 Å². The van der Waals surface area contributed by atoms with E-state index >= 15 is 0 Å². The number of carbonyl (C=O) groups excluding carboxylic acids is 1.